The first kappa shape index (κ1) is 18.4. The molecule has 1 amide bonds. The number of allylic oxidation sites excluding steroid dienone is 1. The van der Waals surface area contributed by atoms with Gasteiger partial charge in [0.05, 0.1) is 16.7 Å². The Morgan fingerprint density at radius 1 is 1.31 bits per heavy atom. The highest BCUT2D eigenvalue weighted by Crippen LogP contribution is 2.27. The van der Waals surface area contributed by atoms with Gasteiger partial charge in [0.15, 0.2) is 11.0 Å². The van der Waals surface area contributed by atoms with E-state index in [-0.39, 0.29) is 17.7 Å². The summed E-state index contributed by atoms with van der Waals surface area (Å²) in [5.41, 5.74) is 1.08. The van der Waals surface area contributed by atoms with E-state index in [9.17, 15) is 4.79 Å². The molecule has 0 saturated heterocycles. The second kappa shape index (κ2) is 8.82. The molecular weight excluding hydrogens is 364 g/mol. The van der Waals surface area contributed by atoms with E-state index >= 15 is 0 Å². The zero-order valence-corrected chi connectivity index (χ0v) is 16.1. The Labute approximate surface area is 161 Å². The molecule has 0 bridgehead atoms. The van der Waals surface area contributed by atoms with Gasteiger partial charge in [0.1, 0.15) is 0 Å². The van der Waals surface area contributed by atoms with Crippen LogP contribution in [0.4, 0.5) is 0 Å². The fourth-order valence-corrected chi connectivity index (χ4v) is 3.99. The maximum atomic E-state index is 12.3. The van der Waals surface area contributed by atoms with Gasteiger partial charge in [-0.2, -0.15) is 0 Å². The van der Waals surface area contributed by atoms with Crippen LogP contribution in [0.15, 0.2) is 65.7 Å². The molecule has 26 heavy (non-hydrogen) atoms. The maximum absolute atomic E-state index is 12.3. The van der Waals surface area contributed by atoms with Gasteiger partial charge in [-0.15, -0.1) is 28.1 Å². The normalized spacial score (nSPS) is 11.9. The monoisotopic (exact) mass is 384 g/mol. The molecule has 0 radical (unpaired) electrons. The van der Waals surface area contributed by atoms with E-state index < -0.39 is 0 Å². The van der Waals surface area contributed by atoms with Crippen LogP contribution in [-0.4, -0.2) is 26.4 Å². The largest absolute Gasteiger partial charge is 0.349 e. The minimum Gasteiger partial charge on any atom is -0.349 e. The van der Waals surface area contributed by atoms with E-state index in [1.165, 1.54) is 11.8 Å². The van der Waals surface area contributed by atoms with Crippen molar-refractivity contribution >= 4 is 29.0 Å². The summed E-state index contributed by atoms with van der Waals surface area (Å²) in [6.45, 7) is 6.39. The van der Waals surface area contributed by atoms with Crippen molar-refractivity contribution in [3.63, 3.8) is 0 Å². The van der Waals surface area contributed by atoms with Crippen molar-refractivity contribution in [3.8, 4) is 10.7 Å². The van der Waals surface area contributed by atoms with Crippen molar-refractivity contribution in [1.82, 2.24) is 20.1 Å². The highest BCUT2D eigenvalue weighted by molar-refractivity contribution is 7.99. The van der Waals surface area contributed by atoms with Gasteiger partial charge < -0.3 is 5.32 Å². The summed E-state index contributed by atoms with van der Waals surface area (Å²) < 4.78 is 1.98. The number of carbonyl (C=O) groups excluding carboxylic acids is 1. The third-order valence-corrected chi connectivity index (χ3v) is 5.61. The molecule has 3 rings (SSSR count). The first-order valence-electron chi connectivity index (χ1n) is 8.24. The van der Waals surface area contributed by atoms with Crippen molar-refractivity contribution in [1.29, 1.82) is 0 Å². The zero-order chi connectivity index (χ0) is 18.4. The molecule has 2 aromatic heterocycles. The Morgan fingerprint density at radius 2 is 2.12 bits per heavy atom. The molecule has 0 fully saturated rings. The van der Waals surface area contributed by atoms with E-state index in [1.54, 1.807) is 11.3 Å². The second-order valence-corrected chi connectivity index (χ2v) is 7.56. The summed E-state index contributed by atoms with van der Waals surface area (Å²) in [5, 5.41) is 14.3. The number of thioether (sulfide) groups is 1. The number of carbonyl (C=O) groups is 1. The van der Waals surface area contributed by atoms with Gasteiger partial charge in [0.25, 0.3) is 0 Å². The van der Waals surface area contributed by atoms with Gasteiger partial charge in [0, 0.05) is 6.54 Å². The van der Waals surface area contributed by atoms with Crippen LogP contribution in [0.1, 0.15) is 18.5 Å². The number of amides is 1. The molecule has 5 nitrogen and oxygen atoms in total. The molecule has 0 aliphatic carbocycles. The van der Waals surface area contributed by atoms with Crippen LogP contribution in [0.2, 0.25) is 0 Å². The van der Waals surface area contributed by atoms with Crippen molar-refractivity contribution < 1.29 is 4.79 Å². The third kappa shape index (κ3) is 4.42. The van der Waals surface area contributed by atoms with Gasteiger partial charge in [-0.25, -0.2) is 0 Å². The smallest absolute Gasteiger partial charge is 0.230 e. The number of aromatic nitrogens is 3. The lowest BCUT2D eigenvalue weighted by atomic mass is 10.1. The molecule has 1 atom stereocenters. The summed E-state index contributed by atoms with van der Waals surface area (Å²) >= 11 is 3.00. The molecular formula is C19H20N4OS2. The number of benzene rings is 1. The Bertz CT molecular complexity index is 859. The number of thiophene rings is 1. The van der Waals surface area contributed by atoms with Crippen LogP contribution >= 0.6 is 23.1 Å². The van der Waals surface area contributed by atoms with E-state index in [1.807, 2.05) is 65.4 Å². The fraction of sp³-hybridized carbons (Fsp3) is 0.211. The standard InChI is InChI=1S/C19H20N4OS2/c1-3-11-23-18(16-10-7-12-25-16)21-22-19(23)26-13-17(24)20-14(2)15-8-5-4-6-9-15/h3-10,12,14H,1,11,13H2,2H3,(H,20,24). The molecule has 1 aromatic carbocycles. The topological polar surface area (TPSA) is 59.8 Å². The van der Waals surface area contributed by atoms with Crippen LogP contribution in [0.3, 0.4) is 0 Å². The lowest BCUT2D eigenvalue weighted by molar-refractivity contribution is -0.119. The molecule has 1 N–H and O–H groups in total. The summed E-state index contributed by atoms with van der Waals surface area (Å²) in [5.74, 6) is 1.06. The van der Waals surface area contributed by atoms with Gasteiger partial charge in [-0.05, 0) is 23.9 Å². The number of rotatable bonds is 8. The van der Waals surface area contributed by atoms with Crippen molar-refractivity contribution in [3.05, 3.63) is 66.1 Å². The van der Waals surface area contributed by atoms with Crippen LogP contribution in [-0.2, 0) is 11.3 Å². The van der Waals surface area contributed by atoms with Crippen molar-refractivity contribution in [2.45, 2.75) is 24.7 Å². The summed E-state index contributed by atoms with van der Waals surface area (Å²) in [7, 11) is 0. The average molecular weight is 385 g/mol. The lowest BCUT2D eigenvalue weighted by Crippen LogP contribution is -2.28. The molecule has 134 valence electrons. The zero-order valence-electron chi connectivity index (χ0n) is 14.5. The predicted molar refractivity (Wildman–Crippen MR) is 107 cm³/mol. The fourth-order valence-electron chi connectivity index (χ4n) is 2.52. The molecule has 0 aliphatic rings. The number of nitrogens with one attached hydrogen (secondary N) is 1. The van der Waals surface area contributed by atoms with E-state index in [0.717, 1.165) is 21.4 Å². The van der Waals surface area contributed by atoms with Crippen LogP contribution in [0.25, 0.3) is 10.7 Å². The summed E-state index contributed by atoms with van der Waals surface area (Å²) in [4.78, 5) is 13.3. The molecule has 7 heteroatoms. The number of hydrogen-bond acceptors (Lipinski definition) is 5. The Kier molecular flexibility index (Phi) is 6.25. The molecule has 0 saturated carbocycles. The molecule has 1 unspecified atom stereocenters. The van der Waals surface area contributed by atoms with Gasteiger partial charge in [-0.3, -0.25) is 9.36 Å². The van der Waals surface area contributed by atoms with Crippen LogP contribution in [0.5, 0.6) is 0 Å². The van der Waals surface area contributed by atoms with E-state index in [0.29, 0.717) is 6.54 Å². The van der Waals surface area contributed by atoms with E-state index in [2.05, 4.69) is 22.1 Å². The minimum absolute atomic E-state index is 0.0304. The Balaban J connectivity index is 1.64. The van der Waals surface area contributed by atoms with Crippen molar-refractivity contribution in [2.24, 2.45) is 0 Å². The molecule has 0 spiro atoms. The number of nitrogens with zero attached hydrogens (tertiary/aromatic N) is 3. The summed E-state index contributed by atoms with van der Waals surface area (Å²) in [6.07, 6.45) is 1.81. The summed E-state index contributed by atoms with van der Waals surface area (Å²) in [6, 6.07) is 13.9. The quantitative estimate of drug-likeness (QED) is 0.468. The average Bonchev–Trinajstić information content (AvgIpc) is 3.31. The SMILES string of the molecule is C=CCn1c(SCC(=O)NC(C)c2ccccc2)nnc1-c1cccs1. The number of hydrogen-bond donors (Lipinski definition) is 1. The third-order valence-electron chi connectivity index (χ3n) is 3.78. The predicted octanol–water partition coefficient (Wildman–Crippen LogP) is 4.16. The maximum Gasteiger partial charge on any atom is 0.230 e. The van der Waals surface area contributed by atoms with Crippen LogP contribution < -0.4 is 5.32 Å². The van der Waals surface area contributed by atoms with Gasteiger partial charge in [0.2, 0.25) is 5.91 Å². The first-order chi connectivity index (χ1) is 12.7. The highest BCUT2D eigenvalue weighted by atomic mass is 32.2. The van der Waals surface area contributed by atoms with Crippen molar-refractivity contribution in [2.75, 3.05) is 5.75 Å². The van der Waals surface area contributed by atoms with Crippen LogP contribution in [0, 0.1) is 0 Å². The Hall–Kier alpha value is -2.38. The first-order valence-corrected chi connectivity index (χ1v) is 10.1. The van der Waals surface area contributed by atoms with E-state index in [4.69, 9.17) is 0 Å². The van der Waals surface area contributed by atoms with Gasteiger partial charge >= 0.3 is 0 Å². The minimum atomic E-state index is -0.0305. The molecule has 2 heterocycles. The second-order valence-electron chi connectivity index (χ2n) is 5.67. The lowest BCUT2D eigenvalue weighted by Gasteiger charge is -2.14. The molecule has 0 aliphatic heterocycles. The highest BCUT2D eigenvalue weighted by Gasteiger charge is 2.16. The van der Waals surface area contributed by atoms with Gasteiger partial charge in [-0.1, -0.05) is 54.2 Å². The molecule has 3 aromatic rings. The Morgan fingerprint density at radius 3 is 2.81 bits per heavy atom.